The Morgan fingerprint density at radius 2 is 1.57 bits per heavy atom. The van der Waals surface area contributed by atoms with Crippen molar-refractivity contribution in [2.24, 2.45) is 0 Å². The van der Waals surface area contributed by atoms with E-state index < -0.39 is 6.09 Å². The van der Waals surface area contributed by atoms with Crippen molar-refractivity contribution in [2.45, 2.75) is 5.92 Å². The Kier molecular flexibility index (Phi) is 4.40. The molecule has 0 radical (unpaired) electrons. The van der Waals surface area contributed by atoms with Gasteiger partial charge in [0.1, 0.15) is 12.4 Å². The number of carbonyl (C=O) groups excluding carboxylic acids is 1. The second-order valence-electron chi connectivity index (χ2n) is 6.91. The number of nitrogens with one attached hydrogen (secondary N) is 1. The number of phenols is 1. The molecule has 0 spiro atoms. The highest BCUT2D eigenvalue weighted by Gasteiger charge is 2.29. The lowest BCUT2D eigenvalue weighted by Gasteiger charge is -2.13. The number of phenolic OH excluding ortho intramolecular Hbond substituents is 1. The van der Waals surface area contributed by atoms with E-state index in [1.165, 1.54) is 12.1 Å². The van der Waals surface area contributed by atoms with Crippen molar-refractivity contribution < 1.29 is 19.1 Å². The van der Waals surface area contributed by atoms with Crippen LogP contribution in [0, 0.1) is 0 Å². The van der Waals surface area contributed by atoms with E-state index in [2.05, 4.69) is 39.8 Å². The first-order valence-electron chi connectivity index (χ1n) is 9.44. The number of hydrogen-bond donors (Lipinski definition) is 2. The lowest BCUT2D eigenvalue weighted by Crippen LogP contribution is -2.18. The normalized spacial score (nSPS) is 12.3. The molecule has 7 heteroatoms. The molecule has 30 heavy (non-hydrogen) atoms. The van der Waals surface area contributed by atoms with Gasteiger partial charge in [-0.2, -0.15) is 0 Å². The van der Waals surface area contributed by atoms with Crippen LogP contribution in [0.25, 0.3) is 22.6 Å². The summed E-state index contributed by atoms with van der Waals surface area (Å²) in [5.41, 5.74) is 5.23. The number of nitrogens with zero attached hydrogens (tertiary/aromatic N) is 2. The van der Waals surface area contributed by atoms with Gasteiger partial charge in [-0.3, -0.25) is 0 Å². The summed E-state index contributed by atoms with van der Waals surface area (Å²) in [6.07, 6.45) is -0.669. The van der Waals surface area contributed by atoms with Gasteiger partial charge < -0.3 is 14.3 Å². The van der Waals surface area contributed by atoms with Crippen LogP contribution in [0.15, 0.2) is 77.2 Å². The van der Waals surface area contributed by atoms with Gasteiger partial charge in [-0.1, -0.05) is 53.6 Å². The van der Waals surface area contributed by atoms with Crippen LogP contribution in [-0.2, 0) is 4.74 Å². The number of hydrogen-bond acceptors (Lipinski definition) is 6. The molecule has 1 heterocycles. The summed E-state index contributed by atoms with van der Waals surface area (Å²) in [6.45, 7) is 0.193. The van der Waals surface area contributed by atoms with Crippen molar-refractivity contribution in [1.82, 2.24) is 10.2 Å². The van der Waals surface area contributed by atoms with Gasteiger partial charge in [0.2, 0.25) is 5.89 Å². The number of aromatic hydroxyl groups is 1. The van der Waals surface area contributed by atoms with Gasteiger partial charge in [-0.05, 0) is 46.5 Å². The summed E-state index contributed by atoms with van der Waals surface area (Å²) in [4.78, 5) is 12.3. The fourth-order valence-electron chi connectivity index (χ4n) is 3.72. The molecule has 0 fully saturated rings. The van der Waals surface area contributed by atoms with Gasteiger partial charge in [0.05, 0.1) is 0 Å². The predicted octanol–water partition coefficient (Wildman–Crippen LogP) is 4.80. The molecule has 0 bridgehead atoms. The molecule has 5 rings (SSSR count). The third-order valence-electron chi connectivity index (χ3n) is 5.09. The number of fused-ring (bicyclic) bond motifs is 3. The quantitative estimate of drug-likeness (QED) is 0.511. The third-order valence-corrected chi connectivity index (χ3v) is 5.09. The number of amides is 1. The molecule has 1 aliphatic rings. The van der Waals surface area contributed by atoms with Crippen LogP contribution in [0.3, 0.4) is 0 Å². The summed E-state index contributed by atoms with van der Waals surface area (Å²) >= 11 is 0. The molecule has 1 aromatic heterocycles. The first kappa shape index (κ1) is 17.9. The highest BCUT2D eigenvalue weighted by Crippen LogP contribution is 2.44. The average Bonchev–Trinajstić information content (AvgIpc) is 3.36. The minimum Gasteiger partial charge on any atom is -0.508 e. The van der Waals surface area contributed by atoms with Crippen LogP contribution in [0.5, 0.6) is 5.75 Å². The molecule has 0 unspecified atom stereocenters. The number of anilines is 1. The van der Waals surface area contributed by atoms with Gasteiger partial charge in [0, 0.05) is 11.5 Å². The zero-order valence-electron chi connectivity index (χ0n) is 15.8. The van der Waals surface area contributed by atoms with E-state index >= 15 is 0 Å². The zero-order chi connectivity index (χ0) is 20.5. The minimum absolute atomic E-state index is 0.0293. The maximum atomic E-state index is 12.3. The zero-order valence-corrected chi connectivity index (χ0v) is 15.8. The Balaban J connectivity index is 1.27. The lowest BCUT2D eigenvalue weighted by molar-refractivity contribution is 0.157. The molecule has 0 atom stereocenters. The van der Waals surface area contributed by atoms with Crippen LogP contribution in [0.2, 0.25) is 0 Å². The van der Waals surface area contributed by atoms with Gasteiger partial charge >= 0.3 is 12.1 Å². The SMILES string of the molecule is O=C(Nc1nnc(-c2ccc(O)cc2)o1)OCC1c2ccccc2-c2ccccc21. The molecule has 0 saturated heterocycles. The van der Waals surface area contributed by atoms with E-state index in [9.17, 15) is 9.90 Å². The van der Waals surface area contributed by atoms with E-state index in [0.29, 0.717) is 5.56 Å². The maximum Gasteiger partial charge on any atom is 0.415 e. The summed E-state index contributed by atoms with van der Waals surface area (Å²) in [7, 11) is 0. The van der Waals surface area contributed by atoms with Crippen molar-refractivity contribution in [3.8, 4) is 28.3 Å². The van der Waals surface area contributed by atoms with Crippen molar-refractivity contribution in [3.63, 3.8) is 0 Å². The van der Waals surface area contributed by atoms with Gasteiger partial charge in [-0.25, -0.2) is 10.1 Å². The Bertz CT molecular complexity index is 1170. The van der Waals surface area contributed by atoms with E-state index in [1.54, 1.807) is 12.1 Å². The molecular formula is C23H17N3O4. The first-order chi connectivity index (χ1) is 14.7. The molecule has 4 aromatic rings. The lowest BCUT2D eigenvalue weighted by atomic mass is 9.98. The largest absolute Gasteiger partial charge is 0.508 e. The van der Waals surface area contributed by atoms with Crippen LogP contribution < -0.4 is 5.32 Å². The van der Waals surface area contributed by atoms with Crippen molar-refractivity contribution >= 4 is 12.1 Å². The standard InChI is InChI=1S/C23H17N3O4/c27-15-11-9-14(10-12-15)21-25-26-22(30-21)24-23(28)29-13-20-18-7-3-1-5-16(18)17-6-2-4-8-19(17)20/h1-12,20,27H,13H2,(H,24,26,28). The average molecular weight is 399 g/mol. The molecule has 148 valence electrons. The second-order valence-corrected chi connectivity index (χ2v) is 6.91. The van der Waals surface area contributed by atoms with E-state index in [1.807, 2.05) is 24.3 Å². The second kappa shape index (κ2) is 7.36. The van der Waals surface area contributed by atoms with Gasteiger partial charge in [0.15, 0.2) is 0 Å². The molecular weight excluding hydrogens is 382 g/mol. The third kappa shape index (κ3) is 3.26. The number of aromatic nitrogens is 2. The van der Waals surface area contributed by atoms with E-state index in [0.717, 1.165) is 22.3 Å². The summed E-state index contributed by atoms with van der Waals surface area (Å²) in [5, 5.41) is 19.5. The summed E-state index contributed by atoms with van der Waals surface area (Å²) in [6, 6.07) is 22.5. The summed E-state index contributed by atoms with van der Waals surface area (Å²) in [5.74, 6) is 0.331. The fraction of sp³-hybridized carbons (Fsp3) is 0.0870. The highest BCUT2D eigenvalue weighted by molar-refractivity contribution is 5.82. The topological polar surface area (TPSA) is 97.5 Å². The molecule has 1 amide bonds. The van der Waals surface area contributed by atoms with Crippen molar-refractivity contribution in [3.05, 3.63) is 83.9 Å². The van der Waals surface area contributed by atoms with Gasteiger partial charge in [0.25, 0.3) is 0 Å². The summed E-state index contributed by atoms with van der Waals surface area (Å²) < 4.78 is 10.9. The van der Waals surface area contributed by atoms with Crippen LogP contribution in [0.1, 0.15) is 17.0 Å². The first-order valence-corrected chi connectivity index (χ1v) is 9.44. The molecule has 1 aliphatic carbocycles. The highest BCUT2D eigenvalue weighted by atomic mass is 16.6. The number of ether oxygens (including phenoxy) is 1. The number of rotatable bonds is 4. The fourth-order valence-corrected chi connectivity index (χ4v) is 3.72. The van der Waals surface area contributed by atoms with Crippen LogP contribution >= 0.6 is 0 Å². The number of carbonyl (C=O) groups is 1. The van der Waals surface area contributed by atoms with E-state index in [-0.39, 0.29) is 30.2 Å². The van der Waals surface area contributed by atoms with Gasteiger partial charge in [-0.15, -0.1) is 5.10 Å². The molecule has 0 aliphatic heterocycles. The molecule has 3 aromatic carbocycles. The monoisotopic (exact) mass is 399 g/mol. The number of benzene rings is 3. The predicted molar refractivity (Wildman–Crippen MR) is 110 cm³/mol. The molecule has 7 nitrogen and oxygen atoms in total. The van der Waals surface area contributed by atoms with Crippen LogP contribution in [-0.4, -0.2) is 28.0 Å². The maximum absolute atomic E-state index is 12.3. The minimum atomic E-state index is -0.669. The Morgan fingerprint density at radius 1 is 0.933 bits per heavy atom. The Labute approximate surface area is 172 Å². The van der Waals surface area contributed by atoms with E-state index in [4.69, 9.17) is 9.15 Å². The van der Waals surface area contributed by atoms with Crippen LogP contribution in [0.4, 0.5) is 10.8 Å². The van der Waals surface area contributed by atoms with Crippen molar-refractivity contribution in [2.75, 3.05) is 11.9 Å². The van der Waals surface area contributed by atoms with Crippen molar-refractivity contribution in [1.29, 1.82) is 0 Å². The molecule has 2 N–H and O–H groups in total. The molecule has 0 saturated carbocycles. The smallest absolute Gasteiger partial charge is 0.415 e. The Hall–Kier alpha value is -4.13. The Morgan fingerprint density at radius 3 is 2.23 bits per heavy atom.